The number of carbonyl (C=O) groups excluding carboxylic acids is 1. The van der Waals surface area contributed by atoms with E-state index in [9.17, 15) is 18.0 Å². The average Bonchev–Trinajstić information content (AvgIpc) is 2.93. The fourth-order valence-electron chi connectivity index (χ4n) is 4.88. The Labute approximate surface area is 232 Å². The minimum Gasteiger partial charge on any atom is -0.449 e. The highest BCUT2D eigenvalue weighted by Crippen LogP contribution is 2.34. The number of hydrogen-bond donors (Lipinski definition) is 2. The van der Waals surface area contributed by atoms with Gasteiger partial charge in [-0.25, -0.2) is 9.78 Å². The number of aromatic nitrogens is 2. The van der Waals surface area contributed by atoms with Gasteiger partial charge in [-0.15, -0.1) is 0 Å². The van der Waals surface area contributed by atoms with E-state index in [1.54, 1.807) is 4.90 Å². The SMILES string of the molecule is CCc1cc(N2CCN(C)[C@@H](CC#N)C2)ccc1Nc1ncc(C(F)(F)F)c(NCCCN2CCCOC2=O)n1. The topological polar surface area (TPSA) is 110 Å². The molecule has 1 aromatic carbocycles. The lowest BCUT2D eigenvalue weighted by atomic mass is 10.1. The van der Waals surface area contributed by atoms with Crippen molar-refractivity contribution in [3.63, 3.8) is 0 Å². The number of carbonyl (C=O) groups is 1. The maximum absolute atomic E-state index is 13.7. The maximum Gasteiger partial charge on any atom is 0.421 e. The molecule has 2 aromatic rings. The molecular formula is C27H35F3N8O2. The molecular weight excluding hydrogens is 525 g/mol. The standard InChI is InChI=1S/C27H35F3N8O2/c1-3-19-16-20(38-14-13-36(2)21(18-38)8-9-31)6-7-23(19)34-25-33-17-22(27(28,29)30)24(35-25)32-10-4-11-37-12-5-15-40-26(37)39/h6-7,16-17,21H,3-5,8,10-15,18H2,1-2H3,(H2,32,33,34,35)/t21-/m0/s1. The third kappa shape index (κ3) is 7.24. The number of amides is 1. The van der Waals surface area contributed by atoms with E-state index in [0.717, 1.165) is 43.5 Å². The Hall–Kier alpha value is -3.79. The predicted octanol–water partition coefficient (Wildman–Crippen LogP) is 4.48. The smallest absolute Gasteiger partial charge is 0.421 e. The number of nitrogens with one attached hydrogen (secondary N) is 2. The zero-order chi connectivity index (χ0) is 28.7. The molecule has 0 bridgehead atoms. The van der Waals surface area contributed by atoms with Gasteiger partial charge in [0, 0.05) is 62.9 Å². The molecule has 2 aliphatic heterocycles. The zero-order valence-electron chi connectivity index (χ0n) is 22.8. The van der Waals surface area contributed by atoms with Gasteiger partial charge in [-0.2, -0.15) is 23.4 Å². The summed E-state index contributed by atoms with van der Waals surface area (Å²) in [7, 11) is 2.03. The molecule has 10 nitrogen and oxygen atoms in total. The highest BCUT2D eigenvalue weighted by molar-refractivity contribution is 5.68. The first-order chi connectivity index (χ1) is 19.2. The van der Waals surface area contributed by atoms with Crippen LogP contribution in [0.1, 0.15) is 37.3 Å². The van der Waals surface area contributed by atoms with Crippen LogP contribution in [0.25, 0.3) is 0 Å². The Balaban J connectivity index is 1.46. The van der Waals surface area contributed by atoms with Gasteiger partial charge in [0.25, 0.3) is 0 Å². The molecule has 3 heterocycles. The molecule has 0 spiro atoms. The third-order valence-corrected chi connectivity index (χ3v) is 7.23. The number of nitriles is 1. The lowest BCUT2D eigenvalue weighted by molar-refractivity contribution is -0.137. The number of likely N-dealkylation sites (N-methyl/N-ethyl adjacent to an activating group) is 1. The van der Waals surface area contributed by atoms with Crippen LogP contribution >= 0.6 is 0 Å². The zero-order valence-corrected chi connectivity index (χ0v) is 22.8. The first kappa shape index (κ1) is 29.2. The summed E-state index contributed by atoms with van der Waals surface area (Å²) in [6.45, 7) is 5.97. The van der Waals surface area contributed by atoms with Crippen molar-refractivity contribution in [2.45, 2.75) is 44.8 Å². The normalized spacial score (nSPS) is 18.3. The number of rotatable bonds is 10. The Morgan fingerprint density at radius 1 is 1.25 bits per heavy atom. The number of benzene rings is 1. The molecule has 4 rings (SSSR count). The van der Waals surface area contributed by atoms with Crippen molar-refractivity contribution in [2.75, 3.05) is 68.5 Å². The van der Waals surface area contributed by atoms with Crippen molar-refractivity contribution in [1.82, 2.24) is 19.8 Å². The van der Waals surface area contributed by atoms with Gasteiger partial charge in [0.2, 0.25) is 5.95 Å². The number of hydrogen-bond acceptors (Lipinski definition) is 9. The Morgan fingerprint density at radius 2 is 2.08 bits per heavy atom. The average molecular weight is 561 g/mol. The van der Waals surface area contributed by atoms with Crippen LogP contribution in [0.15, 0.2) is 24.4 Å². The molecule has 2 saturated heterocycles. The molecule has 0 aliphatic carbocycles. The van der Waals surface area contributed by atoms with Gasteiger partial charge < -0.3 is 25.2 Å². The molecule has 13 heteroatoms. The molecule has 1 aromatic heterocycles. The van der Waals surface area contributed by atoms with Gasteiger partial charge in [-0.05, 0) is 50.1 Å². The second-order valence-electron chi connectivity index (χ2n) is 9.95. The van der Waals surface area contributed by atoms with E-state index in [1.165, 1.54) is 0 Å². The number of ether oxygens (including phenoxy) is 1. The summed E-state index contributed by atoms with van der Waals surface area (Å²) in [6.07, 6.45) is -1.93. The summed E-state index contributed by atoms with van der Waals surface area (Å²) >= 11 is 0. The third-order valence-electron chi connectivity index (χ3n) is 7.23. The number of aryl methyl sites for hydroxylation is 1. The van der Waals surface area contributed by atoms with E-state index < -0.39 is 17.8 Å². The minimum absolute atomic E-state index is 0.0474. The van der Waals surface area contributed by atoms with E-state index in [2.05, 4.69) is 42.5 Å². The van der Waals surface area contributed by atoms with Crippen LogP contribution in [-0.2, 0) is 17.3 Å². The fourth-order valence-corrected chi connectivity index (χ4v) is 4.88. The minimum atomic E-state index is -4.63. The van der Waals surface area contributed by atoms with E-state index >= 15 is 0 Å². The van der Waals surface area contributed by atoms with Crippen LogP contribution in [0.3, 0.4) is 0 Å². The monoisotopic (exact) mass is 560 g/mol. The van der Waals surface area contributed by atoms with E-state index in [0.29, 0.717) is 44.6 Å². The molecule has 2 N–H and O–H groups in total. The van der Waals surface area contributed by atoms with Crippen molar-refractivity contribution in [2.24, 2.45) is 0 Å². The highest BCUT2D eigenvalue weighted by Gasteiger charge is 2.35. The van der Waals surface area contributed by atoms with Crippen LogP contribution in [0.2, 0.25) is 0 Å². The summed E-state index contributed by atoms with van der Waals surface area (Å²) in [5, 5.41) is 15.0. The Bertz CT molecular complexity index is 1220. The maximum atomic E-state index is 13.7. The molecule has 2 aliphatic rings. The number of piperazine rings is 1. The molecule has 0 unspecified atom stereocenters. The van der Waals surface area contributed by atoms with Gasteiger partial charge in [0.05, 0.1) is 19.1 Å². The van der Waals surface area contributed by atoms with Gasteiger partial charge in [0.15, 0.2) is 0 Å². The van der Waals surface area contributed by atoms with Crippen LogP contribution in [0.5, 0.6) is 0 Å². The Morgan fingerprint density at radius 3 is 2.80 bits per heavy atom. The van der Waals surface area contributed by atoms with Crippen molar-refractivity contribution < 1.29 is 22.7 Å². The summed E-state index contributed by atoms with van der Waals surface area (Å²) in [6, 6.07) is 8.33. The second-order valence-corrected chi connectivity index (χ2v) is 9.95. The molecule has 216 valence electrons. The molecule has 1 atom stereocenters. The number of cyclic esters (lactones) is 1. The highest BCUT2D eigenvalue weighted by atomic mass is 19.4. The summed E-state index contributed by atoms with van der Waals surface area (Å²) in [5.74, 6) is -0.270. The number of halogens is 3. The summed E-state index contributed by atoms with van der Waals surface area (Å²) < 4.78 is 46.0. The molecule has 2 fully saturated rings. The fraction of sp³-hybridized carbons (Fsp3) is 0.556. The number of anilines is 4. The van der Waals surface area contributed by atoms with E-state index in [-0.39, 0.29) is 24.4 Å². The van der Waals surface area contributed by atoms with Crippen molar-refractivity contribution >= 4 is 29.2 Å². The largest absolute Gasteiger partial charge is 0.449 e. The van der Waals surface area contributed by atoms with Gasteiger partial charge in [-0.3, -0.25) is 4.90 Å². The summed E-state index contributed by atoms with van der Waals surface area (Å²) in [4.78, 5) is 25.9. The number of alkyl halides is 3. The molecule has 40 heavy (non-hydrogen) atoms. The first-order valence-electron chi connectivity index (χ1n) is 13.5. The quantitative estimate of drug-likeness (QED) is 0.407. The van der Waals surface area contributed by atoms with Crippen molar-refractivity contribution in [3.8, 4) is 6.07 Å². The summed E-state index contributed by atoms with van der Waals surface area (Å²) in [5.41, 5.74) is 1.76. The van der Waals surface area contributed by atoms with Gasteiger partial charge in [-0.1, -0.05) is 6.92 Å². The first-order valence-corrected chi connectivity index (χ1v) is 13.5. The van der Waals surface area contributed by atoms with E-state index in [4.69, 9.17) is 10.00 Å². The lowest BCUT2D eigenvalue weighted by Crippen LogP contribution is -2.51. The van der Waals surface area contributed by atoms with Crippen LogP contribution in [-0.4, -0.2) is 84.8 Å². The van der Waals surface area contributed by atoms with Gasteiger partial charge in [0.1, 0.15) is 11.4 Å². The number of nitrogens with zero attached hydrogens (tertiary/aromatic N) is 6. The van der Waals surface area contributed by atoms with E-state index in [1.807, 2.05) is 26.1 Å². The lowest BCUT2D eigenvalue weighted by Gasteiger charge is -2.40. The molecule has 1 amide bonds. The van der Waals surface area contributed by atoms with Crippen molar-refractivity contribution in [3.05, 3.63) is 35.5 Å². The second kappa shape index (κ2) is 13.0. The molecule has 0 radical (unpaired) electrons. The van der Waals surface area contributed by atoms with Crippen LogP contribution in [0, 0.1) is 11.3 Å². The van der Waals surface area contributed by atoms with Gasteiger partial charge >= 0.3 is 12.3 Å². The predicted molar refractivity (Wildman–Crippen MR) is 146 cm³/mol. The Kier molecular flexibility index (Phi) is 9.52. The van der Waals surface area contributed by atoms with Crippen LogP contribution < -0.4 is 15.5 Å². The van der Waals surface area contributed by atoms with Crippen molar-refractivity contribution in [1.29, 1.82) is 5.26 Å². The molecule has 0 saturated carbocycles. The van der Waals surface area contributed by atoms with Crippen LogP contribution in [0.4, 0.5) is 41.1 Å².